The first-order valence-corrected chi connectivity index (χ1v) is 6.21. The number of rotatable bonds is 3. The van der Waals surface area contributed by atoms with Crippen molar-refractivity contribution in [3.8, 4) is 0 Å². The van der Waals surface area contributed by atoms with E-state index in [0.29, 0.717) is 6.61 Å². The highest BCUT2D eigenvalue weighted by Crippen LogP contribution is 2.23. The Labute approximate surface area is 107 Å². The molecule has 98 valence electrons. The standard InChI is InChI=1S/C14H19NO3/c1-11(14(16)17-2)15-8-9-18-13(10-15)12-6-4-3-5-7-12/h3-7,11,13H,8-10H2,1-2H3. The first kappa shape index (κ1) is 13.1. The zero-order valence-electron chi connectivity index (χ0n) is 10.8. The number of carbonyl (C=O) groups excluding carboxylic acids is 1. The minimum absolute atomic E-state index is 0.0343. The molecule has 1 aromatic rings. The smallest absolute Gasteiger partial charge is 0.322 e. The Morgan fingerprint density at radius 3 is 2.83 bits per heavy atom. The fraction of sp³-hybridized carbons (Fsp3) is 0.500. The lowest BCUT2D eigenvalue weighted by Crippen LogP contribution is -2.47. The Balaban J connectivity index is 2.03. The van der Waals surface area contributed by atoms with Gasteiger partial charge in [0.05, 0.1) is 19.8 Å². The summed E-state index contributed by atoms with van der Waals surface area (Å²) in [5.74, 6) is -0.191. The van der Waals surface area contributed by atoms with Crippen LogP contribution in [0.4, 0.5) is 0 Å². The van der Waals surface area contributed by atoms with E-state index in [1.54, 1.807) is 0 Å². The maximum absolute atomic E-state index is 11.5. The average molecular weight is 249 g/mol. The predicted octanol–water partition coefficient (Wildman–Crippen LogP) is 1.62. The summed E-state index contributed by atoms with van der Waals surface area (Å²) in [5.41, 5.74) is 1.15. The zero-order valence-corrected chi connectivity index (χ0v) is 10.8. The first-order chi connectivity index (χ1) is 8.72. The van der Waals surface area contributed by atoms with Gasteiger partial charge in [-0.1, -0.05) is 30.3 Å². The molecule has 4 nitrogen and oxygen atoms in total. The molecule has 1 heterocycles. The lowest BCUT2D eigenvalue weighted by Gasteiger charge is -2.35. The van der Waals surface area contributed by atoms with Crippen LogP contribution in [0.5, 0.6) is 0 Å². The van der Waals surface area contributed by atoms with E-state index < -0.39 is 0 Å². The molecule has 0 aromatic heterocycles. The maximum atomic E-state index is 11.5. The first-order valence-electron chi connectivity index (χ1n) is 6.21. The molecule has 2 rings (SSSR count). The number of esters is 1. The number of hydrogen-bond acceptors (Lipinski definition) is 4. The Hall–Kier alpha value is -1.39. The lowest BCUT2D eigenvalue weighted by molar-refractivity contribution is -0.149. The van der Waals surface area contributed by atoms with E-state index >= 15 is 0 Å². The van der Waals surface area contributed by atoms with Crippen LogP contribution in [-0.2, 0) is 14.3 Å². The summed E-state index contributed by atoms with van der Waals surface area (Å²) in [6.07, 6.45) is 0.0343. The van der Waals surface area contributed by atoms with Crippen molar-refractivity contribution in [3.05, 3.63) is 35.9 Å². The minimum atomic E-state index is -0.217. The number of nitrogens with zero attached hydrogens (tertiary/aromatic N) is 1. The highest BCUT2D eigenvalue weighted by atomic mass is 16.5. The second-order valence-corrected chi connectivity index (χ2v) is 4.46. The Bertz CT molecular complexity index is 393. The molecular weight excluding hydrogens is 230 g/mol. The van der Waals surface area contributed by atoms with Gasteiger partial charge < -0.3 is 9.47 Å². The maximum Gasteiger partial charge on any atom is 0.322 e. The van der Waals surface area contributed by atoms with Crippen LogP contribution in [0.3, 0.4) is 0 Å². The van der Waals surface area contributed by atoms with Crippen molar-refractivity contribution >= 4 is 5.97 Å². The third kappa shape index (κ3) is 2.89. The molecule has 1 saturated heterocycles. The van der Waals surface area contributed by atoms with Crippen molar-refractivity contribution in [2.45, 2.75) is 19.1 Å². The van der Waals surface area contributed by atoms with Gasteiger partial charge in [-0.15, -0.1) is 0 Å². The fourth-order valence-electron chi connectivity index (χ4n) is 2.21. The molecule has 1 fully saturated rings. The zero-order chi connectivity index (χ0) is 13.0. The number of carbonyl (C=O) groups is 1. The molecule has 1 aromatic carbocycles. The average Bonchev–Trinajstić information content (AvgIpc) is 2.46. The summed E-state index contributed by atoms with van der Waals surface area (Å²) >= 11 is 0. The molecule has 0 N–H and O–H groups in total. The highest BCUT2D eigenvalue weighted by molar-refractivity contribution is 5.75. The van der Waals surface area contributed by atoms with Gasteiger partial charge in [0.2, 0.25) is 0 Å². The molecule has 1 aliphatic heterocycles. The van der Waals surface area contributed by atoms with Gasteiger partial charge in [-0.2, -0.15) is 0 Å². The number of methoxy groups -OCH3 is 1. The van der Waals surface area contributed by atoms with E-state index in [4.69, 9.17) is 9.47 Å². The summed E-state index contributed by atoms with van der Waals surface area (Å²) < 4.78 is 10.5. The van der Waals surface area contributed by atoms with Crippen LogP contribution in [-0.4, -0.2) is 43.7 Å². The SMILES string of the molecule is COC(=O)C(C)N1CCOC(c2ccccc2)C1. The monoisotopic (exact) mass is 249 g/mol. The third-order valence-corrected chi connectivity index (χ3v) is 3.36. The van der Waals surface area contributed by atoms with Crippen molar-refractivity contribution in [2.24, 2.45) is 0 Å². The number of ether oxygens (including phenoxy) is 2. The molecule has 1 aliphatic rings. The minimum Gasteiger partial charge on any atom is -0.468 e. The molecule has 2 atom stereocenters. The second-order valence-electron chi connectivity index (χ2n) is 4.46. The number of hydrogen-bond donors (Lipinski definition) is 0. The second kappa shape index (κ2) is 5.98. The van der Waals surface area contributed by atoms with Gasteiger partial charge in [-0.3, -0.25) is 9.69 Å². The summed E-state index contributed by atoms with van der Waals surface area (Å²) in [5, 5.41) is 0. The lowest BCUT2D eigenvalue weighted by atomic mass is 10.1. The van der Waals surface area contributed by atoms with Crippen molar-refractivity contribution in [1.29, 1.82) is 0 Å². The molecular formula is C14H19NO3. The van der Waals surface area contributed by atoms with Crippen LogP contribution in [0.2, 0.25) is 0 Å². The summed E-state index contributed by atoms with van der Waals surface area (Å²) in [6.45, 7) is 4.00. The molecule has 0 amide bonds. The van der Waals surface area contributed by atoms with Crippen LogP contribution in [0.15, 0.2) is 30.3 Å². The van der Waals surface area contributed by atoms with E-state index in [-0.39, 0.29) is 18.1 Å². The fourth-order valence-corrected chi connectivity index (χ4v) is 2.21. The number of benzene rings is 1. The van der Waals surface area contributed by atoms with Crippen LogP contribution >= 0.6 is 0 Å². The highest BCUT2D eigenvalue weighted by Gasteiger charge is 2.28. The van der Waals surface area contributed by atoms with Gasteiger partial charge in [0.1, 0.15) is 6.04 Å². The van der Waals surface area contributed by atoms with Gasteiger partial charge >= 0.3 is 5.97 Å². The Kier molecular flexibility index (Phi) is 4.33. The van der Waals surface area contributed by atoms with E-state index in [0.717, 1.165) is 18.7 Å². The Morgan fingerprint density at radius 2 is 2.17 bits per heavy atom. The third-order valence-electron chi connectivity index (χ3n) is 3.36. The topological polar surface area (TPSA) is 38.8 Å². The number of morpholine rings is 1. The molecule has 0 spiro atoms. The van der Waals surface area contributed by atoms with E-state index in [2.05, 4.69) is 17.0 Å². The molecule has 0 saturated carbocycles. The summed E-state index contributed by atoms with van der Waals surface area (Å²) in [6, 6.07) is 9.88. The molecule has 2 unspecified atom stereocenters. The van der Waals surface area contributed by atoms with Gasteiger partial charge in [-0.25, -0.2) is 0 Å². The molecule has 0 bridgehead atoms. The summed E-state index contributed by atoms with van der Waals surface area (Å²) in [4.78, 5) is 13.7. The van der Waals surface area contributed by atoms with Gasteiger partial charge in [0.25, 0.3) is 0 Å². The molecule has 18 heavy (non-hydrogen) atoms. The Morgan fingerprint density at radius 1 is 1.44 bits per heavy atom. The van der Waals surface area contributed by atoms with Crippen molar-refractivity contribution in [3.63, 3.8) is 0 Å². The normalized spacial score (nSPS) is 22.4. The van der Waals surface area contributed by atoms with Gasteiger partial charge in [-0.05, 0) is 12.5 Å². The van der Waals surface area contributed by atoms with Crippen LogP contribution in [0, 0.1) is 0 Å². The largest absolute Gasteiger partial charge is 0.468 e. The van der Waals surface area contributed by atoms with E-state index in [9.17, 15) is 4.79 Å². The van der Waals surface area contributed by atoms with E-state index in [1.807, 2.05) is 25.1 Å². The van der Waals surface area contributed by atoms with Crippen molar-refractivity contribution in [2.75, 3.05) is 26.8 Å². The predicted molar refractivity (Wildman–Crippen MR) is 68.2 cm³/mol. The van der Waals surface area contributed by atoms with Crippen molar-refractivity contribution < 1.29 is 14.3 Å². The van der Waals surface area contributed by atoms with Gasteiger partial charge in [0.15, 0.2) is 0 Å². The van der Waals surface area contributed by atoms with E-state index in [1.165, 1.54) is 7.11 Å². The molecule has 0 aliphatic carbocycles. The van der Waals surface area contributed by atoms with Gasteiger partial charge in [0, 0.05) is 13.1 Å². The van der Waals surface area contributed by atoms with Crippen LogP contribution in [0.25, 0.3) is 0 Å². The van der Waals surface area contributed by atoms with Crippen LogP contribution in [0.1, 0.15) is 18.6 Å². The summed E-state index contributed by atoms with van der Waals surface area (Å²) in [7, 11) is 1.42. The van der Waals surface area contributed by atoms with Crippen LogP contribution < -0.4 is 0 Å². The quantitative estimate of drug-likeness (QED) is 0.763. The molecule has 4 heteroatoms. The van der Waals surface area contributed by atoms with Crippen molar-refractivity contribution in [1.82, 2.24) is 4.90 Å². The molecule has 0 radical (unpaired) electrons.